The van der Waals surface area contributed by atoms with Gasteiger partial charge in [0.05, 0.1) is 18.0 Å². The van der Waals surface area contributed by atoms with Crippen LogP contribution in [0.5, 0.6) is 0 Å². The Kier molecular flexibility index (Phi) is 4.66. The maximum Gasteiger partial charge on any atom is 0.433 e. The minimum Gasteiger partial charge on any atom is -0.294 e. The molecular weight excluding hydrogens is 287 g/mol. The van der Waals surface area contributed by atoms with E-state index in [9.17, 15) is 18.0 Å². The highest BCUT2D eigenvalue weighted by Gasteiger charge is 2.32. The van der Waals surface area contributed by atoms with Crippen LogP contribution in [0.1, 0.15) is 31.4 Å². The van der Waals surface area contributed by atoms with Crippen molar-refractivity contribution in [2.45, 2.75) is 38.0 Å². The zero-order valence-corrected chi connectivity index (χ0v) is 11.5. The van der Waals surface area contributed by atoms with Crippen LogP contribution in [-0.2, 0) is 11.0 Å². The molecule has 1 aliphatic rings. The van der Waals surface area contributed by atoms with Gasteiger partial charge in [0, 0.05) is 7.05 Å². The first-order valence-electron chi connectivity index (χ1n) is 6.60. The van der Waals surface area contributed by atoms with Crippen molar-refractivity contribution >= 4 is 11.7 Å². The van der Waals surface area contributed by atoms with Crippen molar-refractivity contribution in [3.63, 3.8) is 0 Å². The molecule has 21 heavy (non-hydrogen) atoms. The van der Waals surface area contributed by atoms with Crippen LogP contribution in [0.2, 0.25) is 0 Å². The molecule has 5 nitrogen and oxygen atoms in total. The zero-order valence-electron chi connectivity index (χ0n) is 11.5. The van der Waals surface area contributed by atoms with Gasteiger partial charge in [-0.1, -0.05) is 12.8 Å². The van der Waals surface area contributed by atoms with E-state index in [1.54, 1.807) is 0 Å². The van der Waals surface area contributed by atoms with Crippen LogP contribution < -0.4 is 10.4 Å². The minimum atomic E-state index is -4.50. The fourth-order valence-electron chi connectivity index (χ4n) is 2.08. The SMILES string of the molecule is CN(C(=O)NOC1CCCC1)c1ccc(C(F)(F)F)nc1. The van der Waals surface area contributed by atoms with Gasteiger partial charge in [0.2, 0.25) is 0 Å². The van der Waals surface area contributed by atoms with Crippen molar-refractivity contribution in [1.82, 2.24) is 10.5 Å². The van der Waals surface area contributed by atoms with Crippen molar-refractivity contribution in [2.75, 3.05) is 11.9 Å². The number of carbonyl (C=O) groups excluding carboxylic acids is 1. The summed E-state index contributed by atoms with van der Waals surface area (Å²) in [5, 5.41) is 0. The Hall–Kier alpha value is -1.83. The molecule has 0 aromatic carbocycles. The molecule has 0 bridgehead atoms. The number of anilines is 1. The molecule has 2 amide bonds. The second kappa shape index (κ2) is 6.30. The average molecular weight is 303 g/mol. The summed E-state index contributed by atoms with van der Waals surface area (Å²) in [4.78, 5) is 21.5. The molecule has 1 fully saturated rings. The summed E-state index contributed by atoms with van der Waals surface area (Å²) in [6.45, 7) is 0. The summed E-state index contributed by atoms with van der Waals surface area (Å²) in [6.07, 6.45) is 0.437. The summed E-state index contributed by atoms with van der Waals surface area (Å²) >= 11 is 0. The third-order valence-corrected chi connectivity index (χ3v) is 3.35. The van der Waals surface area contributed by atoms with E-state index < -0.39 is 17.9 Å². The second-order valence-electron chi connectivity index (χ2n) is 4.89. The molecule has 1 aromatic rings. The third kappa shape index (κ3) is 4.07. The molecule has 0 aliphatic heterocycles. The second-order valence-corrected chi connectivity index (χ2v) is 4.89. The van der Waals surface area contributed by atoms with Gasteiger partial charge in [0.15, 0.2) is 0 Å². The van der Waals surface area contributed by atoms with Gasteiger partial charge in [-0.05, 0) is 25.0 Å². The van der Waals surface area contributed by atoms with Crippen molar-refractivity contribution < 1.29 is 22.8 Å². The Morgan fingerprint density at radius 2 is 2.05 bits per heavy atom. The van der Waals surface area contributed by atoms with Gasteiger partial charge in [-0.25, -0.2) is 15.3 Å². The standard InChI is InChI=1S/C13H16F3N3O2/c1-19(12(20)18-21-10-4-2-3-5-10)9-6-7-11(17-8-9)13(14,15)16/h6-8,10H,2-5H2,1H3,(H,18,20). The summed E-state index contributed by atoms with van der Waals surface area (Å²) in [5.74, 6) is 0. The topological polar surface area (TPSA) is 54.5 Å². The molecule has 2 rings (SSSR count). The van der Waals surface area contributed by atoms with E-state index in [-0.39, 0.29) is 11.8 Å². The Morgan fingerprint density at radius 3 is 2.57 bits per heavy atom. The van der Waals surface area contributed by atoms with Gasteiger partial charge >= 0.3 is 12.2 Å². The van der Waals surface area contributed by atoms with Gasteiger partial charge in [-0.15, -0.1) is 0 Å². The highest BCUT2D eigenvalue weighted by molar-refractivity contribution is 5.90. The number of alkyl halides is 3. The first kappa shape index (κ1) is 15.6. The number of hydroxylamine groups is 1. The van der Waals surface area contributed by atoms with Crippen LogP contribution in [0.3, 0.4) is 0 Å². The smallest absolute Gasteiger partial charge is 0.294 e. The zero-order chi connectivity index (χ0) is 15.5. The van der Waals surface area contributed by atoms with Crippen molar-refractivity contribution in [3.05, 3.63) is 24.0 Å². The molecule has 1 N–H and O–H groups in total. The van der Waals surface area contributed by atoms with Gasteiger partial charge in [0.25, 0.3) is 0 Å². The number of hydrogen-bond donors (Lipinski definition) is 1. The van der Waals surface area contributed by atoms with Gasteiger partial charge in [-0.3, -0.25) is 9.74 Å². The molecule has 1 saturated carbocycles. The van der Waals surface area contributed by atoms with Crippen LogP contribution in [0, 0.1) is 0 Å². The molecule has 1 heterocycles. The molecule has 1 aromatic heterocycles. The number of aromatic nitrogens is 1. The first-order chi connectivity index (χ1) is 9.88. The molecule has 0 unspecified atom stereocenters. The number of carbonyl (C=O) groups is 1. The largest absolute Gasteiger partial charge is 0.433 e. The van der Waals surface area contributed by atoms with Gasteiger partial charge in [0.1, 0.15) is 5.69 Å². The summed E-state index contributed by atoms with van der Waals surface area (Å²) < 4.78 is 37.2. The monoisotopic (exact) mass is 303 g/mol. The number of amides is 2. The van der Waals surface area contributed by atoms with Crippen molar-refractivity contribution in [1.29, 1.82) is 0 Å². The number of rotatable bonds is 3. The fraction of sp³-hybridized carbons (Fsp3) is 0.538. The molecular formula is C13H16F3N3O2. The predicted molar refractivity (Wildman–Crippen MR) is 69.5 cm³/mol. The first-order valence-corrected chi connectivity index (χ1v) is 6.60. The molecule has 1 aliphatic carbocycles. The Bertz CT molecular complexity index is 484. The van der Waals surface area contributed by atoms with E-state index in [0.29, 0.717) is 0 Å². The summed E-state index contributed by atoms with van der Waals surface area (Å²) in [7, 11) is 1.43. The van der Waals surface area contributed by atoms with Crippen LogP contribution in [-0.4, -0.2) is 24.2 Å². The molecule has 8 heteroatoms. The number of halogens is 3. The minimum absolute atomic E-state index is 0.00748. The van der Waals surface area contributed by atoms with Gasteiger partial charge < -0.3 is 0 Å². The summed E-state index contributed by atoms with van der Waals surface area (Å²) in [5.41, 5.74) is 1.55. The molecule has 0 atom stereocenters. The maximum absolute atomic E-state index is 12.4. The van der Waals surface area contributed by atoms with Crippen molar-refractivity contribution in [2.24, 2.45) is 0 Å². The van der Waals surface area contributed by atoms with Crippen LogP contribution in [0.4, 0.5) is 23.7 Å². The van der Waals surface area contributed by atoms with E-state index in [2.05, 4.69) is 10.5 Å². The van der Waals surface area contributed by atoms with Crippen molar-refractivity contribution in [3.8, 4) is 0 Å². The molecule has 0 spiro atoms. The third-order valence-electron chi connectivity index (χ3n) is 3.35. The van der Waals surface area contributed by atoms with Crippen LogP contribution in [0.15, 0.2) is 18.3 Å². The lowest BCUT2D eigenvalue weighted by Gasteiger charge is -2.19. The lowest BCUT2D eigenvalue weighted by molar-refractivity contribution is -0.141. The number of urea groups is 1. The van der Waals surface area contributed by atoms with Gasteiger partial charge in [-0.2, -0.15) is 13.2 Å². The molecule has 0 saturated heterocycles. The van der Waals surface area contributed by atoms with E-state index in [0.717, 1.165) is 42.8 Å². The number of pyridine rings is 1. The Labute approximate surface area is 120 Å². The van der Waals surface area contributed by atoms with E-state index in [1.165, 1.54) is 13.1 Å². The maximum atomic E-state index is 12.4. The van der Waals surface area contributed by atoms with Crippen LogP contribution in [0.25, 0.3) is 0 Å². The molecule has 116 valence electrons. The molecule has 0 radical (unpaired) electrons. The van der Waals surface area contributed by atoms with E-state index in [4.69, 9.17) is 4.84 Å². The predicted octanol–water partition coefficient (Wildman–Crippen LogP) is 3.12. The lowest BCUT2D eigenvalue weighted by atomic mass is 10.3. The van der Waals surface area contributed by atoms with E-state index in [1.807, 2.05) is 0 Å². The average Bonchev–Trinajstić information content (AvgIpc) is 2.96. The summed E-state index contributed by atoms with van der Waals surface area (Å²) in [6, 6.07) is 1.46. The normalized spacial score (nSPS) is 16.0. The highest BCUT2D eigenvalue weighted by Crippen LogP contribution is 2.28. The van der Waals surface area contributed by atoms with Crippen LogP contribution >= 0.6 is 0 Å². The fourth-order valence-corrected chi connectivity index (χ4v) is 2.08. The Balaban J connectivity index is 1.92. The Morgan fingerprint density at radius 1 is 1.38 bits per heavy atom. The quantitative estimate of drug-likeness (QED) is 0.873. The number of nitrogens with one attached hydrogen (secondary N) is 1. The highest BCUT2D eigenvalue weighted by atomic mass is 19.4. The van der Waals surface area contributed by atoms with E-state index >= 15 is 0 Å². The number of hydrogen-bond acceptors (Lipinski definition) is 3. The number of nitrogens with zero attached hydrogens (tertiary/aromatic N) is 2. The lowest BCUT2D eigenvalue weighted by Crippen LogP contribution is -2.39.